The molecule has 0 saturated heterocycles. The molecule has 0 aromatic heterocycles. The molecule has 0 rings (SSSR count). The first-order valence-corrected chi connectivity index (χ1v) is 4.66. The van der Waals surface area contributed by atoms with E-state index in [-0.39, 0.29) is 0 Å². The third-order valence-electron chi connectivity index (χ3n) is 2.70. The quantitative estimate of drug-likeness (QED) is 0.483. The fraction of sp³-hybridized carbons (Fsp3) is 1.00. The van der Waals surface area contributed by atoms with E-state index in [1.807, 2.05) is 7.05 Å². The molecule has 0 aromatic carbocycles. The van der Waals surface area contributed by atoms with Crippen LogP contribution in [0.3, 0.4) is 0 Å². The molecule has 74 valence electrons. The molecule has 0 aromatic rings. The van der Waals surface area contributed by atoms with Gasteiger partial charge in [0.05, 0.1) is 13.6 Å². The number of rotatable bonds is 5. The second-order valence-electron chi connectivity index (χ2n) is 3.69. The first-order valence-electron chi connectivity index (χ1n) is 4.66. The Morgan fingerprint density at radius 3 is 1.83 bits per heavy atom. The largest absolute Gasteiger partial charge is 0.345 e. The monoisotopic (exact) mass is 176 g/mol. The molecule has 0 aliphatic heterocycles. The van der Waals surface area contributed by atoms with E-state index in [2.05, 4.69) is 6.92 Å². The molecule has 0 fully saturated rings. The molecule has 0 heterocycles. The number of hydrogen-bond donors (Lipinski definition) is 2. The Balaban J connectivity index is 4.19. The number of unbranched alkanes of at least 4 members (excludes halogenated alkanes) is 1. The Morgan fingerprint density at radius 2 is 1.58 bits per heavy atom. The molecule has 0 aliphatic rings. The molecule has 0 amide bonds. The van der Waals surface area contributed by atoms with Gasteiger partial charge in [0.15, 0.2) is 12.5 Å². The third kappa shape index (κ3) is 2.73. The van der Waals surface area contributed by atoms with Crippen LogP contribution in [0.4, 0.5) is 0 Å². The summed E-state index contributed by atoms with van der Waals surface area (Å²) in [6, 6.07) is 0. The normalized spacial score (nSPS) is 21.5. The van der Waals surface area contributed by atoms with Gasteiger partial charge in [-0.15, -0.1) is 0 Å². The molecule has 2 N–H and O–H groups in total. The summed E-state index contributed by atoms with van der Waals surface area (Å²) in [7, 11) is 1.88. The number of quaternary nitrogens is 1. The molecular formula is C9H22NO2+. The minimum absolute atomic E-state index is 0.327. The van der Waals surface area contributed by atoms with Crippen LogP contribution >= 0.6 is 0 Å². The highest BCUT2D eigenvalue weighted by Crippen LogP contribution is 2.14. The van der Waals surface area contributed by atoms with E-state index in [1.165, 1.54) is 0 Å². The van der Waals surface area contributed by atoms with E-state index in [0.717, 1.165) is 19.4 Å². The molecular weight excluding hydrogens is 154 g/mol. The Hall–Kier alpha value is -0.120. The zero-order valence-corrected chi connectivity index (χ0v) is 8.62. The number of aliphatic hydroxyl groups excluding tert-OH is 2. The zero-order valence-electron chi connectivity index (χ0n) is 8.62. The minimum atomic E-state index is -0.503. The average Bonchev–Trinajstić information content (AvgIpc) is 1.99. The lowest BCUT2D eigenvalue weighted by Gasteiger charge is -2.39. The van der Waals surface area contributed by atoms with Crippen LogP contribution < -0.4 is 0 Å². The van der Waals surface area contributed by atoms with Gasteiger partial charge in [-0.2, -0.15) is 0 Å². The van der Waals surface area contributed by atoms with Crippen molar-refractivity contribution in [1.29, 1.82) is 0 Å². The van der Waals surface area contributed by atoms with Crippen molar-refractivity contribution >= 4 is 0 Å². The maximum Gasteiger partial charge on any atom is 0.189 e. The lowest BCUT2D eigenvalue weighted by Crippen LogP contribution is -2.57. The van der Waals surface area contributed by atoms with E-state index < -0.39 is 12.5 Å². The van der Waals surface area contributed by atoms with Gasteiger partial charge in [-0.1, -0.05) is 13.3 Å². The molecule has 0 radical (unpaired) electrons. The molecule has 2 atom stereocenters. The number of aliphatic hydroxyl groups is 2. The molecule has 0 aliphatic carbocycles. The number of hydrogen-bond acceptors (Lipinski definition) is 2. The summed E-state index contributed by atoms with van der Waals surface area (Å²) in [6.07, 6.45) is 1.12. The summed E-state index contributed by atoms with van der Waals surface area (Å²) < 4.78 is 0.327. The van der Waals surface area contributed by atoms with E-state index in [0.29, 0.717) is 4.48 Å². The van der Waals surface area contributed by atoms with Crippen LogP contribution in [0.15, 0.2) is 0 Å². The minimum Gasteiger partial charge on any atom is -0.345 e. The predicted octanol–water partition coefficient (Wildman–Crippen LogP) is 0.910. The fourth-order valence-corrected chi connectivity index (χ4v) is 1.18. The van der Waals surface area contributed by atoms with Crippen LogP contribution in [0.5, 0.6) is 0 Å². The Kier molecular flexibility index (Phi) is 4.75. The molecule has 3 heteroatoms. The lowest BCUT2D eigenvalue weighted by molar-refractivity contribution is -0.990. The highest BCUT2D eigenvalue weighted by atomic mass is 16.3. The zero-order chi connectivity index (χ0) is 9.78. The topological polar surface area (TPSA) is 40.5 Å². The average molecular weight is 176 g/mol. The van der Waals surface area contributed by atoms with Crippen molar-refractivity contribution in [3.63, 3.8) is 0 Å². The van der Waals surface area contributed by atoms with Crippen molar-refractivity contribution in [2.45, 2.75) is 46.1 Å². The van der Waals surface area contributed by atoms with Gasteiger partial charge in [-0.05, 0) is 6.42 Å². The number of nitrogens with zero attached hydrogens (tertiary/aromatic N) is 1. The van der Waals surface area contributed by atoms with Crippen LogP contribution in [0.1, 0.15) is 33.6 Å². The van der Waals surface area contributed by atoms with Crippen LogP contribution in [-0.2, 0) is 0 Å². The van der Waals surface area contributed by atoms with Gasteiger partial charge in [0.1, 0.15) is 0 Å². The van der Waals surface area contributed by atoms with Crippen molar-refractivity contribution in [3.8, 4) is 0 Å². The summed E-state index contributed by atoms with van der Waals surface area (Å²) in [5.74, 6) is 0. The molecule has 3 nitrogen and oxygen atoms in total. The van der Waals surface area contributed by atoms with Crippen LogP contribution in [0.25, 0.3) is 0 Å². The second kappa shape index (κ2) is 4.80. The van der Waals surface area contributed by atoms with Gasteiger partial charge >= 0.3 is 0 Å². The first-order chi connectivity index (χ1) is 5.45. The van der Waals surface area contributed by atoms with Crippen LogP contribution in [-0.4, -0.2) is 40.7 Å². The summed E-state index contributed by atoms with van der Waals surface area (Å²) >= 11 is 0. The van der Waals surface area contributed by atoms with Gasteiger partial charge in [-0.25, -0.2) is 0 Å². The first kappa shape index (κ1) is 11.9. The van der Waals surface area contributed by atoms with E-state index >= 15 is 0 Å². The van der Waals surface area contributed by atoms with Gasteiger partial charge in [-0.3, -0.25) is 4.48 Å². The van der Waals surface area contributed by atoms with Crippen molar-refractivity contribution in [3.05, 3.63) is 0 Å². The highest BCUT2D eigenvalue weighted by Gasteiger charge is 2.31. The van der Waals surface area contributed by atoms with E-state index in [9.17, 15) is 10.2 Å². The lowest BCUT2D eigenvalue weighted by atomic mass is 10.2. The Morgan fingerprint density at radius 1 is 1.17 bits per heavy atom. The van der Waals surface area contributed by atoms with Crippen molar-refractivity contribution in [2.75, 3.05) is 13.6 Å². The van der Waals surface area contributed by atoms with Gasteiger partial charge in [0, 0.05) is 13.8 Å². The SMILES string of the molecule is CCCC[N+](C)(C(C)O)C(C)O. The third-order valence-corrected chi connectivity index (χ3v) is 2.70. The van der Waals surface area contributed by atoms with E-state index in [1.54, 1.807) is 13.8 Å². The maximum atomic E-state index is 9.48. The Bertz CT molecular complexity index is 116. The van der Waals surface area contributed by atoms with Gasteiger partial charge in [0.25, 0.3) is 0 Å². The molecule has 12 heavy (non-hydrogen) atoms. The molecule has 0 saturated carbocycles. The van der Waals surface area contributed by atoms with Crippen molar-refractivity contribution in [2.24, 2.45) is 0 Å². The van der Waals surface area contributed by atoms with Crippen molar-refractivity contribution in [1.82, 2.24) is 0 Å². The predicted molar refractivity (Wildman–Crippen MR) is 49.3 cm³/mol. The van der Waals surface area contributed by atoms with Crippen LogP contribution in [0, 0.1) is 0 Å². The highest BCUT2D eigenvalue weighted by molar-refractivity contribution is 4.41. The molecule has 0 spiro atoms. The summed E-state index contributed by atoms with van der Waals surface area (Å²) in [5, 5.41) is 19.0. The standard InChI is InChI=1S/C9H22NO2/c1-5-6-7-10(4,8(2)11)9(3)12/h8-9,11-12H,5-7H2,1-4H3/q+1. The van der Waals surface area contributed by atoms with E-state index in [4.69, 9.17) is 0 Å². The fourth-order valence-electron chi connectivity index (χ4n) is 1.18. The smallest absolute Gasteiger partial charge is 0.189 e. The summed E-state index contributed by atoms with van der Waals surface area (Å²) in [5.41, 5.74) is 0. The van der Waals surface area contributed by atoms with Gasteiger partial charge < -0.3 is 10.2 Å². The van der Waals surface area contributed by atoms with Gasteiger partial charge in [0.2, 0.25) is 0 Å². The molecule has 2 unspecified atom stereocenters. The summed E-state index contributed by atoms with van der Waals surface area (Å²) in [4.78, 5) is 0. The van der Waals surface area contributed by atoms with Crippen molar-refractivity contribution < 1.29 is 14.7 Å². The second-order valence-corrected chi connectivity index (χ2v) is 3.69. The van der Waals surface area contributed by atoms with Crippen LogP contribution in [0.2, 0.25) is 0 Å². The summed E-state index contributed by atoms with van der Waals surface area (Å²) in [6.45, 7) is 6.38. The maximum absolute atomic E-state index is 9.48. The molecule has 0 bridgehead atoms. The Labute approximate surface area is 75.2 Å².